The topological polar surface area (TPSA) is 51.2 Å². The van der Waals surface area contributed by atoms with Crippen LogP contribution in [0.2, 0.25) is 0 Å². The van der Waals surface area contributed by atoms with Gasteiger partial charge in [-0.2, -0.15) is 0 Å². The highest BCUT2D eigenvalue weighted by atomic mass is 32.2. The quantitative estimate of drug-likeness (QED) is 0.757. The van der Waals surface area contributed by atoms with Crippen molar-refractivity contribution in [1.29, 1.82) is 0 Å². The normalized spacial score (nSPS) is 40.9. The summed E-state index contributed by atoms with van der Waals surface area (Å²) in [4.78, 5) is 12.0. The van der Waals surface area contributed by atoms with Crippen LogP contribution in [0.1, 0.15) is 44.9 Å². The molecule has 0 radical (unpaired) electrons. The fraction of sp³-hybridized carbons (Fsp3) is 0.917. The molecule has 2 aliphatic heterocycles. The highest BCUT2D eigenvalue weighted by molar-refractivity contribution is 7.93. The first-order valence-corrected chi connectivity index (χ1v) is 7.93. The van der Waals surface area contributed by atoms with Gasteiger partial charge in [0.2, 0.25) is 0 Å². The van der Waals surface area contributed by atoms with E-state index in [-0.39, 0.29) is 16.4 Å². The van der Waals surface area contributed by atoms with Crippen LogP contribution in [0.15, 0.2) is 0 Å². The summed E-state index contributed by atoms with van der Waals surface area (Å²) in [6.45, 7) is 0. The van der Waals surface area contributed by atoms with Gasteiger partial charge in [0.1, 0.15) is 5.78 Å². The molecule has 90 valence electrons. The summed E-state index contributed by atoms with van der Waals surface area (Å²) in [6.07, 6.45) is 5.92. The van der Waals surface area contributed by atoms with E-state index in [1.54, 1.807) is 0 Å². The van der Waals surface area contributed by atoms with E-state index in [1.165, 1.54) is 12.8 Å². The Morgan fingerprint density at radius 1 is 1.00 bits per heavy atom. The Morgan fingerprint density at radius 3 is 2.06 bits per heavy atom. The molecule has 0 aromatic heterocycles. The van der Waals surface area contributed by atoms with Gasteiger partial charge in [0.15, 0.2) is 9.84 Å². The number of hydrogen-bond acceptors (Lipinski definition) is 3. The Balaban J connectivity index is 1.70. The first kappa shape index (κ1) is 10.8. The SMILES string of the molecule is O=C(CC1CC1)C1CC2CCC(C1)S2(=O)=O. The van der Waals surface area contributed by atoms with E-state index < -0.39 is 9.84 Å². The molecule has 1 aliphatic carbocycles. The van der Waals surface area contributed by atoms with Gasteiger partial charge in [0.05, 0.1) is 10.5 Å². The monoisotopic (exact) mass is 242 g/mol. The maximum Gasteiger partial charge on any atom is 0.156 e. The number of carbonyl (C=O) groups is 1. The summed E-state index contributed by atoms with van der Waals surface area (Å²) in [6, 6.07) is 0. The fourth-order valence-corrected chi connectivity index (χ4v) is 5.72. The molecule has 3 fully saturated rings. The summed E-state index contributed by atoms with van der Waals surface area (Å²) in [5.74, 6) is 1.03. The van der Waals surface area contributed by atoms with Crippen molar-refractivity contribution in [3.63, 3.8) is 0 Å². The van der Waals surface area contributed by atoms with E-state index in [1.807, 2.05) is 0 Å². The zero-order valence-electron chi connectivity index (χ0n) is 9.39. The minimum atomic E-state index is -2.86. The van der Waals surface area contributed by atoms with Crippen LogP contribution in [0, 0.1) is 11.8 Å². The summed E-state index contributed by atoms with van der Waals surface area (Å²) in [5, 5.41) is -0.390. The molecule has 1 saturated carbocycles. The third-order valence-electron chi connectivity index (χ3n) is 4.48. The second-order valence-corrected chi connectivity index (χ2v) is 8.20. The van der Waals surface area contributed by atoms with Crippen LogP contribution in [0.4, 0.5) is 0 Å². The van der Waals surface area contributed by atoms with E-state index in [9.17, 15) is 13.2 Å². The molecule has 0 spiro atoms. The van der Waals surface area contributed by atoms with Crippen LogP contribution in [-0.2, 0) is 14.6 Å². The molecule has 4 heteroatoms. The highest BCUT2D eigenvalue weighted by Crippen LogP contribution is 2.43. The van der Waals surface area contributed by atoms with Crippen LogP contribution in [-0.4, -0.2) is 24.7 Å². The summed E-state index contributed by atoms with van der Waals surface area (Å²) < 4.78 is 23.7. The van der Waals surface area contributed by atoms with Gasteiger partial charge in [-0.05, 0) is 44.4 Å². The van der Waals surface area contributed by atoms with Crippen molar-refractivity contribution in [2.45, 2.75) is 55.4 Å². The van der Waals surface area contributed by atoms with Gasteiger partial charge >= 0.3 is 0 Å². The second kappa shape index (κ2) is 3.56. The molecule has 2 unspecified atom stereocenters. The van der Waals surface area contributed by atoms with E-state index in [4.69, 9.17) is 0 Å². The molecule has 2 heterocycles. The van der Waals surface area contributed by atoms with Crippen molar-refractivity contribution in [2.75, 3.05) is 0 Å². The van der Waals surface area contributed by atoms with Crippen LogP contribution in [0.5, 0.6) is 0 Å². The van der Waals surface area contributed by atoms with Gasteiger partial charge in [0.25, 0.3) is 0 Å². The second-order valence-electron chi connectivity index (χ2n) is 5.69. The number of Topliss-reactive ketones (excluding diaryl/α,β-unsaturated/α-hetero) is 1. The molecule has 2 bridgehead atoms. The largest absolute Gasteiger partial charge is 0.299 e. The van der Waals surface area contributed by atoms with E-state index >= 15 is 0 Å². The van der Waals surface area contributed by atoms with Gasteiger partial charge < -0.3 is 0 Å². The Kier molecular flexibility index (Phi) is 2.39. The maximum atomic E-state index is 12.0. The van der Waals surface area contributed by atoms with E-state index in [2.05, 4.69) is 0 Å². The lowest BCUT2D eigenvalue weighted by Gasteiger charge is -2.26. The van der Waals surface area contributed by atoms with Crippen LogP contribution < -0.4 is 0 Å². The van der Waals surface area contributed by atoms with Gasteiger partial charge in [-0.25, -0.2) is 8.42 Å². The summed E-state index contributed by atoms with van der Waals surface area (Å²) in [7, 11) is -2.86. The zero-order valence-corrected chi connectivity index (χ0v) is 10.2. The Bertz CT molecular complexity index is 388. The number of fused-ring (bicyclic) bond motifs is 2. The number of sulfone groups is 1. The molecule has 0 N–H and O–H groups in total. The molecular weight excluding hydrogens is 224 g/mol. The molecule has 0 aromatic carbocycles. The average Bonchev–Trinajstić information content (AvgIpc) is 2.97. The predicted molar refractivity (Wildman–Crippen MR) is 60.8 cm³/mol. The molecule has 2 saturated heterocycles. The molecule has 0 aromatic rings. The van der Waals surface area contributed by atoms with Gasteiger partial charge in [-0.3, -0.25) is 4.79 Å². The minimum absolute atomic E-state index is 0.0571. The molecule has 16 heavy (non-hydrogen) atoms. The van der Waals surface area contributed by atoms with Gasteiger partial charge in [0, 0.05) is 12.3 Å². The van der Waals surface area contributed by atoms with Crippen LogP contribution in [0.3, 0.4) is 0 Å². The summed E-state index contributed by atoms with van der Waals surface area (Å²) in [5.41, 5.74) is 0. The molecule has 0 amide bonds. The molecule has 3 rings (SSSR count). The highest BCUT2D eigenvalue weighted by Gasteiger charge is 2.48. The van der Waals surface area contributed by atoms with Crippen molar-refractivity contribution >= 4 is 15.6 Å². The standard InChI is InChI=1S/C12H18O3S/c13-12(5-8-1-2-8)9-6-10-3-4-11(7-9)16(10,14)15/h8-11H,1-7H2. The molecular formula is C12H18O3S. The number of carbonyl (C=O) groups excluding carboxylic acids is 1. The van der Waals surface area contributed by atoms with Crippen molar-refractivity contribution in [3.05, 3.63) is 0 Å². The zero-order chi connectivity index (χ0) is 11.3. The Hall–Kier alpha value is -0.380. The minimum Gasteiger partial charge on any atom is -0.299 e. The Morgan fingerprint density at radius 2 is 1.56 bits per heavy atom. The van der Waals surface area contributed by atoms with Crippen LogP contribution >= 0.6 is 0 Å². The lowest BCUT2D eigenvalue weighted by Crippen LogP contribution is -2.36. The first-order valence-electron chi connectivity index (χ1n) is 6.33. The molecule has 2 atom stereocenters. The van der Waals surface area contributed by atoms with E-state index in [0.29, 0.717) is 31.0 Å². The maximum absolute atomic E-state index is 12.0. The average molecular weight is 242 g/mol. The number of rotatable bonds is 3. The Labute approximate surface area is 96.5 Å². The van der Waals surface area contributed by atoms with Crippen molar-refractivity contribution in [1.82, 2.24) is 0 Å². The fourth-order valence-electron chi connectivity index (χ4n) is 3.24. The van der Waals surface area contributed by atoms with Crippen LogP contribution in [0.25, 0.3) is 0 Å². The smallest absolute Gasteiger partial charge is 0.156 e. The van der Waals surface area contributed by atoms with Crippen molar-refractivity contribution in [3.8, 4) is 0 Å². The lowest BCUT2D eigenvalue weighted by atomic mass is 9.92. The first-order chi connectivity index (χ1) is 7.57. The third kappa shape index (κ3) is 1.71. The number of hydrogen-bond donors (Lipinski definition) is 0. The lowest BCUT2D eigenvalue weighted by molar-refractivity contribution is -0.123. The van der Waals surface area contributed by atoms with Crippen molar-refractivity contribution in [2.24, 2.45) is 11.8 Å². The van der Waals surface area contributed by atoms with Crippen molar-refractivity contribution < 1.29 is 13.2 Å². The third-order valence-corrected chi connectivity index (χ3v) is 7.19. The van der Waals surface area contributed by atoms with E-state index in [0.717, 1.165) is 12.8 Å². The predicted octanol–water partition coefficient (Wildman–Crippen LogP) is 1.71. The van der Waals surface area contributed by atoms with Gasteiger partial charge in [-0.15, -0.1) is 0 Å². The molecule has 3 aliphatic rings. The molecule has 3 nitrogen and oxygen atoms in total. The number of ketones is 1. The van der Waals surface area contributed by atoms with Gasteiger partial charge in [-0.1, -0.05) is 0 Å². The summed E-state index contributed by atoms with van der Waals surface area (Å²) >= 11 is 0.